The van der Waals surface area contributed by atoms with Gasteiger partial charge in [-0.05, 0) is 41.5 Å². The largest absolute Gasteiger partial charge is 0.496 e. The highest BCUT2D eigenvalue weighted by atomic mass is 19.1. The van der Waals surface area contributed by atoms with Crippen LogP contribution in [0.25, 0.3) is 22.0 Å². The molecule has 0 unspecified atom stereocenters. The van der Waals surface area contributed by atoms with E-state index >= 15 is 0 Å². The van der Waals surface area contributed by atoms with Gasteiger partial charge in [-0.25, -0.2) is 9.18 Å². The zero-order valence-corrected chi connectivity index (χ0v) is 12.1. The third-order valence-corrected chi connectivity index (χ3v) is 3.50. The first-order chi connectivity index (χ1) is 10.6. The molecule has 0 spiro atoms. The summed E-state index contributed by atoms with van der Waals surface area (Å²) in [6.45, 7) is 0. The number of carbonyl (C=O) groups excluding carboxylic acids is 1. The van der Waals surface area contributed by atoms with Crippen LogP contribution in [-0.4, -0.2) is 25.2 Å². The molecule has 112 valence electrons. The number of aromatic nitrogens is 1. The molecule has 0 radical (unpaired) electrons. The molecule has 0 aliphatic carbocycles. The standard InChI is InChI=1S/C17H14FNO3/c1-21-16-8-11(10-3-5-12(18)6-4-10)7-14-13(16)9-15(19-14)17(20)22-2/h3-9,19H,1-2H3. The molecular weight excluding hydrogens is 285 g/mol. The number of rotatable bonds is 3. The fourth-order valence-electron chi connectivity index (χ4n) is 2.40. The van der Waals surface area contributed by atoms with E-state index < -0.39 is 5.97 Å². The number of hydrogen-bond donors (Lipinski definition) is 1. The van der Waals surface area contributed by atoms with Crippen molar-refractivity contribution in [1.29, 1.82) is 0 Å². The van der Waals surface area contributed by atoms with E-state index in [4.69, 9.17) is 9.47 Å². The summed E-state index contributed by atoms with van der Waals surface area (Å²) in [5.74, 6) is -0.102. The predicted molar refractivity (Wildman–Crippen MR) is 81.6 cm³/mol. The lowest BCUT2D eigenvalue weighted by atomic mass is 10.0. The maximum absolute atomic E-state index is 13.0. The first-order valence-electron chi connectivity index (χ1n) is 6.67. The van der Waals surface area contributed by atoms with E-state index in [1.165, 1.54) is 19.2 Å². The van der Waals surface area contributed by atoms with Crippen molar-refractivity contribution in [3.8, 4) is 16.9 Å². The van der Waals surface area contributed by atoms with Crippen LogP contribution in [0.5, 0.6) is 5.75 Å². The Kier molecular flexibility index (Phi) is 3.55. The van der Waals surface area contributed by atoms with Gasteiger partial charge in [-0.15, -0.1) is 0 Å². The lowest BCUT2D eigenvalue weighted by Crippen LogP contribution is -2.00. The number of H-pyrrole nitrogens is 1. The highest BCUT2D eigenvalue weighted by Crippen LogP contribution is 2.33. The van der Waals surface area contributed by atoms with Crippen LogP contribution < -0.4 is 4.74 Å². The fraction of sp³-hybridized carbons (Fsp3) is 0.118. The molecule has 1 aromatic heterocycles. The average Bonchev–Trinajstić information content (AvgIpc) is 2.97. The normalized spacial score (nSPS) is 10.7. The monoisotopic (exact) mass is 299 g/mol. The lowest BCUT2D eigenvalue weighted by molar-refractivity contribution is 0.0595. The van der Waals surface area contributed by atoms with Crippen molar-refractivity contribution in [3.63, 3.8) is 0 Å². The molecule has 2 aromatic carbocycles. The number of hydrogen-bond acceptors (Lipinski definition) is 3. The molecule has 0 saturated carbocycles. The Morgan fingerprint density at radius 2 is 1.77 bits per heavy atom. The molecule has 1 heterocycles. The molecule has 0 amide bonds. The van der Waals surface area contributed by atoms with Gasteiger partial charge in [0.05, 0.1) is 19.7 Å². The Balaban J connectivity index is 2.17. The molecule has 3 aromatic rings. The van der Waals surface area contributed by atoms with Gasteiger partial charge in [0.25, 0.3) is 0 Å². The highest BCUT2D eigenvalue weighted by Gasteiger charge is 2.14. The minimum atomic E-state index is -0.443. The van der Waals surface area contributed by atoms with Crippen molar-refractivity contribution in [2.75, 3.05) is 14.2 Å². The minimum Gasteiger partial charge on any atom is -0.496 e. The number of esters is 1. The van der Waals surface area contributed by atoms with Gasteiger partial charge in [0.15, 0.2) is 0 Å². The summed E-state index contributed by atoms with van der Waals surface area (Å²) in [6.07, 6.45) is 0. The molecule has 22 heavy (non-hydrogen) atoms. The van der Waals surface area contributed by atoms with Crippen molar-refractivity contribution in [2.45, 2.75) is 0 Å². The molecule has 0 fully saturated rings. The number of ether oxygens (including phenoxy) is 2. The van der Waals surface area contributed by atoms with Gasteiger partial charge in [0.1, 0.15) is 17.3 Å². The Morgan fingerprint density at radius 1 is 1.05 bits per heavy atom. The molecule has 0 aliphatic rings. The van der Waals surface area contributed by atoms with Crippen molar-refractivity contribution in [1.82, 2.24) is 4.98 Å². The summed E-state index contributed by atoms with van der Waals surface area (Å²) in [5.41, 5.74) is 2.82. The molecule has 1 N–H and O–H groups in total. The smallest absolute Gasteiger partial charge is 0.354 e. The molecule has 0 aliphatic heterocycles. The Hall–Kier alpha value is -2.82. The molecule has 3 rings (SSSR count). The summed E-state index contributed by atoms with van der Waals surface area (Å²) in [5, 5.41) is 0.786. The number of aromatic amines is 1. The van der Waals surface area contributed by atoms with Crippen LogP contribution in [0.15, 0.2) is 42.5 Å². The van der Waals surface area contributed by atoms with Crippen LogP contribution in [0.2, 0.25) is 0 Å². The van der Waals surface area contributed by atoms with Gasteiger partial charge in [0.2, 0.25) is 0 Å². The van der Waals surface area contributed by atoms with Gasteiger partial charge < -0.3 is 14.5 Å². The quantitative estimate of drug-likeness (QED) is 0.749. The van der Waals surface area contributed by atoms with Crippen LogP contribution in [0.3, 0.4) is 0 Å². The van der Waals surface area contributed by atoms with Crippen LogP contribution in [0.4, 0.5) is 4.39 Å². The van der Waals surface area contributed by atoms with Gasteiger partial charge in [-0.1, -0.05) is 12.1 Å². The zero-order valence-electron chi connectivity index (χ0n) is 12.1. The Bertz CT molecular complexity index is 837. The van der Waals surface area contributed by atoms with E-state index in [1.807, 2.05) is 12.1 Å². The van der Waals surface area contributed by atoms with Crippen molar-refractivity contribution < 1.29 is 18.7 Å². The molecule has 5 heteroatoms. The summed E-state index contributed by atoms with van der Waals surface area (Å²) < 4.78 is 23.2. The summed E-state index contributed by atoms with van der Waals surface area (Å²) >= 11 is 0. The van der Waals surface area contributed by atoms with Crippen LogP contribution >= 0.6 is 0 Å². The molecule has 0 bridgehead atoms. The third kappa shape index (κ3) is 2.41. The predicted octanol–water partition coefficient (Wildman–Crippen LogP) is 3.77. The summed E-state index contributed by atoms with van der Waals surface area (Å²) in [7, 11) is 2.89. The second-order valence-corrected chi connectivity index (χ2v) is 4.82. The van der Waals surface area contributed by atoms with Crippen molar-refractivity contribution in [2.24, 2.45) is 0 Å². The van der Waals surface area contributed by atoms with E-state index in [0.29, 0.717) is 11.4 Å². The first kappa shape index (κ1) is 14.1. The second-order valence-electron chi connectivity index (χ2n) is 4.82. The minimum absolute atomic E-state index is 0.287. The number of carbonyl (C=O) groups is 1. The topological polar surface area (TPSA) is 51.3 Å². The fourth-order valence-corrected chi connectivity index (χ4v) is 2.40. The van der Waals surface area contributed by atoms with Crippen molar-refractivity contribution in [3.05, 3.63) is 54.0 Å². The molecule has 0 atom stereocenters. The van der Waals surface area contributed by atoms with Gasteiger partial charge in [0, 0.05) is 5.39 Å². The molecule has 4 nitrogen and oxygen atoms in total. The van der Waals surface area contributed by atoms with Gasteiger partial charge >= 0.3 is 5.97 Å². The van der Waals surface area contributed by atoms with Crippen LogP contribution in [-0.2, 0) is 4.74 Å². The first-order valence-corrected chi connectivity index (χ1v) is 6.67. The maximum atomic E-state index is 13.0. The number of methoxy groups -OCH3 is 2. The Morgan fingerprint density at radius 3 is 2.41 bits per heavy atom. The van der Waals surface area contributed by atoms with Gasteiger partial charge in [-0.2, -0.15) is 0 Å². The summed E-state index contributed by atoms with van der Waals surface area (Å²) in [6, 6.07) is 11.6. The van der Waals surface area contributed by atoms with E-state index in [-0.39, 0.29) is 5.82 Å². The van der Waals surface area contributed by atoms with E-state index in [9.17, 15) is 9.18 Å². The molecular formula is C17H14FNO3. The van der Waals surface area contributed by atoms with Crippen LogP contribution in [0.1, 0.15) is 10.5 Å². The van der Waals surface area contributed by atoms with Gasteiger partial charge in [-0.3, -0.25) is 0 Å². The highest BCUT2D eigenvalue weighted by molar-refractivity contribution is 5.98. The lowest BCUT2D eigenvalue weighted by Gasteiger charge is -2.07. The summed E-state index contributed by atoms with van der Waals surface area (Å²) in [4.78, 5) is 14.7. The number of halogens is 1. The van der Waals surface area contributed by atoms with E-state index in [1.54, 1.807) is 25.3 Å². The number of nitrogens with one attached hydrogen (secondary N) is 1. The maximum Gasteiger partial charge on any atom is 0.354 e. The third-order valence-electron chi connectivity index (χ3n) is 3.50. The average molecular weight is 299 g/mol. The Labute approximate surface area is 126 Å². The van der Waals surface area contributed by atoms with E-state index in [0.717, 1.165) is 22.0 Å². The number of fused-ring (bicyclic) bond motifs is 1. The van der Waals surface area contributed by atoms with Crippen molar-refractivity contribution >= 4 is 16.9 Å². The SMILES string of the molecule is COC(=O)c1cc2c(OC)cc(-c3ccc(F)cc3)cc2[nH]1. The van der Waals surface area contributed by atoms with E-state index in [2.05, 4.69) is 4.98 Å². The zero-order chi connectivity index (χ0) is 15.7. The number of benzene rings is 2. The second kappa shape index (κ2) is 5.52. The molecule has 0 saturated heterocycles. The van der Waals surface area contributed by atoms with Crippen LogP contribution in [0, 0.1) is 5.82 Å².